The molecule has 0 aromatic carbocycles. The second kappa shape index (κ2) is 3.78. The molecular weight excluding hydrogens is 393 g/mol. The van der Waals surface area contributed by atoms with Crippen molar-refractivity contribution in [3.8, 4) is 18.0 Å². The number of alkyl halides is 4. The van der Waals surface area contributed by atoms with Gasteiger partial charge in [-0.2, -0.15) is 9.83 Å². The van der Waals surface area contributed by atoms with Crippen molar-refractivity contribution in [1.82, 2.24) is 4.57 Å². The summed E-state index contributed by atoms with van der Waals surface area (Å²) in [6.45, 7) is 0. The smallest absolute Gasteiger partial charge is 0.213 e. The lowest BCUT2D eigenvalue weighted by molar-refractivity contribution is 0.392. The van der Waals surface area contributed by atoms with Gasteiger partial charge in [0.25, 0.3) is 0 Å². The molecule has 106 valence electrons. The topological polar surface area (TPSA) is 69.2 Å². The molecule has 2 unspecified atom stereocenters. The number of halogens is 6. The van der Waals surface area contributed by atoms with Crippen molar-refractivity contribution in [2.45, 2.75) is 14.1 Å². The first-order valence-corrected chi connectivity index (χ1v) is 7.24. The molecule has 3 rings (SSSR count). The SMILES string of the molecule is N#Cn1c(O)c2c(c1O)C1(Cl)C(Cl)=C(Cl)C2(Cl)C1(Cl)Cl. The molecule has 0 aliphatic heterocycles. The zero-order valence-electron chi connectivity index (χ0n) is 9.06. The average molecular weight is 395 g/mol. The molecule has 1 aromatic heterocycles. The van der Waals surface area contributed by atoms with E-state index in [1.54, 1.807) is 6.19 Å². The van der Waals surface area contributed by atoms with Gasteiger partial charge in [-0.05, 0) is 0 Å². The minimum atomic E-state index is -1.95. The van der Waals surface area contributed by atoms with Crippen LogP contribution in [-0.4, -0.2) is 19.1 Å². The van der Waals surface area contributed by atoms with Crippen molar-refractivity contribution in [2.24, 2.45) is 0 Å². The van der Waals surface area contributed by atoms with Gasteiger partial charge >= 0.3 is 0 Å². The van der Waals surface area contributed by atoms with E-state index in [-0.39, 0.29) is 21.2 Å². The fourth-order valence-corrected chi connectivity index (χ4v) is 5.32. The van der Waals surface area contributed by atoms with Gasteiger partial charge in [-0.3, -0.25) is 0 Å². The number of nitrogens with zero attached hydrogens (tertiary/aromatic N) is 2. The van der Waals surface area contributed by atoms with Gasteiger partial charge in [0.1, 0.15) is 9.75 Å². The summed E-state index contributed by atoms with van der Waals surface area (Å²) in [7, 11) is 0. The Hall–Kier alpha value is -0.150. The lowest BCUT2D eigenvalue weighted by atomic mass is 10.00. The average Bonchev–Trinajstić information content (AvgIpc) is 2.75. The molecule has 0 saturated heterocycles. The van der Waals surface area contributed by atoms with E-state index in [1.807, 2.05) is 0 Å². The lowest BCUT2D eigenvalue weighted by Crippen LogP contribution is -2.40. The summed E-state index contributed by atoms with van der Waals surface area (Å²) in [5.41, 5.74) is -0.264. The van der Waals surface area contributed by atoms with E-state index in [2.05, 4.69) is 0 Å². The van der Waals surface area contributed by atoms with E-state index in [0.717, 1.165) is 0 Å². The summed E-state index contributed by atoms with van der Waals surface area (Å²) in [6, 6.07) is 0. The van der Waals surface area contributed by atoms with E-state index in [4.69, 9.17) is 74.9 Å². The van der Waals surface area contributed by atoms with E-state index < -0.39 is 25.8 Å². The molecule has 2 N–H and O–H groups in total. The second-order valence-electron chi connectivity index (χ2n) is 4.35. The minimum Gasteiger partial charge on any atom is -0.493 e. The summed E-state index contributed by atoms with van der Waals surface area (Å²) in [5, 5.41) is 28.7. The van der Waals surface area contributed by atoms with Crippen LogP contribution in [0.1, 0.15) is 11.1 Å². The molecule has 0 radical (unpaired) electrons. The number of aromatic hydroxyl groups is 2. The van der Waals surface area contributed by atoms with Gasteiger partial charge in [0, 0.05) is 0 Å². The Morgan fingerprint density at radius 2 is 1.25 bits per heavy atom. The highest BCUT2D eigenvalue weighted by atomic mass is 35.5. The van der Waals surface area contributed by atoms with Crippen LogP contribution >= 0.6 is 69.6 Å². The molecule has 2 atom stereocenters. The van der Waals surface area contributed by atoms with E-state index in [1.165, 1.54) is 0 Å². The van der Waals surface area contributed by atoms with Crippen LogP contribution in [0, 0.1) is 11.5 Å². The molecule has 2 bridgehead atoms. The summed E-state index contributed by atoms with van der Waals surface area (Å²) < 4.78 is -1.42. The highest BCUT2D eigenvalue weighted by molar-refractivity contribution is 6.65. The number of hydrogen-bond donors (Lipinski definition) is 2. The maximum Gasteiger partial charge on any atom is 0.213 e. The first-order chi connectivity index (χ1) is 9.08. The summed E-state index contributed by atoms with van der Waals surface area (Å²) in [5.74, 6) is -1.30. The molecule has 1 aromatic rings. The third kappa shape index (κ3) is 1.10. The van der Waals surface area contributed by atoms with Crippen molar-refractivity contribution in [3.05, 3.63) is 21.2 Å². The molecule has 10 heteroatoms. The van der Waals surface area contributed by atoms with E-state index >= 15 is 0 Å². The van der Waals surface area contributed by atoms with Crippen molar-refractivity contribution in [1.29, 1.82) is 5.26 Å². The molecule has 2 aliphatic carbocycles. The number of allylic oxidation sites excluding steroid dienone is 2. The Morgan fingerprint density at radius 1 is 0.900 bits per heavy atom. The maximum atomic E-state index is 10.1. The monoisotopic (exact) mass is 392 g/mol. The van der Waals surface area contributed by atoms with Gasteiger partial charge in [-0.15, -0.1) is 23.2 Å². The normalized spacial score (nSPS) is 33.5. The minimum absolute atomic E-state index is 0.132. The predicted octanol–water partition coefficient (Wildman–Crippen LogP) is 3.99. The van der Waals surface area contributed by atoms with Crippen LogP contribution in [0.2, 0.25) is 0 Å². The zero-order chi connectivity index (χ0) is 15.2. The molecule has 2 aliphatic rings. The highest BCUT2D eigenvalue weighted by Crippen LogP contribution is 2.80. The maximum absolute atomic E-state index is 10.1. The van der Waals surface area contributed by atoms with Crippen LogP contribution in [-0.2, 0) is 9.75 Å². The van der Waals surface area contributed by atoms with Crippen LogP contribution in [0.3, 0.4) is 0 Å². The molecule has 0 fully saturated rings. The van der Waals surface area contributed by atoms with Crippen molar-refractivity contribution in [2.75, 3.05) is 0 Å². The first kappa shape index (κ1) is 14.8. The molecule has 1 heterocycles. The van der Waals surface area contributed by atoms with E-state index in [0.29, 0.717) is 4.57 Å². The Morgan fingerprint density at radius 3 is 1.55 bits per heavy atom. The molecule has 0 spiro atoms. The quantitative estimate of drug-likeness (QED) is 0.654. The summed E-state index contributed by atoms with van der Waals surface area (Å²) in [6.07, 6.45) is 1.56. The Kier molecular flexibility index (Phi) is 2.79. The van der Waals surface area contributed by atoms with Gasteiger partial charge in [0.05, 0.1) is 21.2 Å². The Balaban J connectivity index is 2.54. The number of rotatable bonds is 0. The standard InChI is InChI=1S/C10H2Cl6N2O2/c11-4-5(12)9(14)3-2(8(4,13)10(9,15)16)6(19)18(1-17)7(3)20/h19-20H. The number of nitriles is 1. The van der Waals surface area contributed by atoms with E-state index in [9.17, 15) is 10.2 Å². The lowest BCUT2D eigenvalue weighted by Gasteiger charge is -2.32. The van der Waals surface area contributed by atoms with Gasteiger partial charge in [0.15, 0.2) is 10.5 Å². The van der Waals surface area contributed by atoms with Gasteiger partial charge in [-0.25, -0.2) is 0 Å². The van der Waals surface area contributed by atoms with Crippen LogP contribution in [0.15, 0.2) is 10.1 Å². The van der Waals surface area contributed by atoms with Crippen molar-refractivity contribution < 1.29 is 10.2 Å². The number of hydrogen-bond acceptors (Lipinski definition) is 3. The van der Waals surface area contributed by atoms with Gasteiger partial charge < -0.3 is 10.2 Å². The second-order valence-corrected chi connectivity index (χ2v) is 7.57. The van der Waals surface area contributed by atoms with Crippen molar-refractivity contribution in [3.63, 3.8) is 0 Å². The zero-order valence-corrected chi connectivity index (χ0v) is 13.6. The van der Waals surface area contributed by atoms with Crippen LogP contribution in [0.5, 0.6) is 11.8 Å². The third-order valence-electron chi connectivity index (χ3n) is 3.57. The van der Waals surface area contributed by atoms with Gasteiger partial charge in [-0.1, -0.05) is 46.4 Å². The fourth-order valence-electron chi connectivity index (χ4n) is 2.64. The van der Waals surface area contributed by atoms with Crippen LogP contribution in [0.4, 0.5) is 0 Å². The van der Waals surface area contributed by atoms with Crippen LogP contribution < -0.4 is 0 Å². The molecule has 20 heavy (non-hydrogen) atoms. The summed E-state index contributed by atoms with van der Waals surface area (Å²) >= 11 is 37.3. The first-order valence-electron chi connectivity index (χ1n) is 4.98. The fraction of sp³-hybridized carbons (Fsp3) is 0.300. The van der Waals surface area contributed by atoms with Crippen molar-refractivity contribution >= 4 is 69.6 Å². The Labute approximate surface area is 142 Å². The largest absolute Gasteiger partial charge is 0.493 e. The predicted molar refractivity (Wildman–Crippen MR) is 77.0 cm³/mol. The van der Waals surface area contributed by atoms with Gasteiger partial charge in [0.2, 0.25) is 11.8 Å². The third-order valence-corrected chi connectivity index (χ3v) is 7.65. The molecule has 0 amide bonds. The number of fused-ring (bicyclic) bond motifs is 5. The Bertz CT molecular complexity index is 696. The number of aromatic nitrogens is 1. The molecule has 0 saturated carbocycles. The molecule has 4 nitrogen and oxygen atoms in total. The highest BCUT2D eigenvalue weighted by Gasteiger charge is 2.80. The molecular formula is C10H2Cl6N2O2. The van der Waals surface area contributed by atoms with Crippen LogP contribution in [0.25, 0.3) is 0 Å². The summed E-state index contributed by atoms with van der Waals surface area (Å²) in [4.78, 5) is -3.73.